The van der Waals surface area contributed by atoms with E-state index in [-0.39, 0.29) is 16.9 Å². The van der Waals surface area contributed by atoms with E-state index in [4.69, 9.17) is 0 Å². The summed E-state index contributed by atoms with van der Waals surface area (Å²) in [6, 6.07) is 16.4. The van der Waals surface area contributed by atoms with Gasteiger partial charge in [0.15, 0.2) is 0 Å². The van der Waals surface area contributed by atoms with E-state index in [0.717, 1.165) is 34.9 Å². The summed E-state index contributed by atoms with van der Waals surface area (Å²) < 4.78 is 30.0. The predicted octanol–water partition coefficient (Wildman–Crippen LogP) is 7.03. The maximum Gasteiger partial charge on any atom is 0.244 e. The Bertz CT molecular complexity index is 1060. The molecule has 0 spiro atoms. The van der Waals surface area contributed by atoms with Gasteiger partial charge in [-0.2, -0.15) is 4.31 Å². The highest BCUT2D eigenvalue weighted by Gasteiger charge is 2.37. The Labute approximate surface area is 203 Å². The number of nitrogens with zero attached hydrogens (tertiary/aromatic N) is 1. The molecule has 0 aliphatic heterocycles. The fraction of sp³-hybridized carbons (Fsp3) is 0.407. The molecule has 1 atom stereocenters. The first-order chi connectivity index (χ1) is 15.1. The average molecular weight is 517 g/mol. The normalized spacial score (nSPS) is 13.5. The number of hydrogen-bond acceptors (Lipinski definition) is 2. The molecule has 0 radical (unpaired) electrons. The lowest BCUT2D eigenvalue weighted by atomic mass is 9.87. The average Bonchev–Trinajstić information content (AvgIpc) is 2.72. The molecule has 172 valence electrons. The third kappa shape index (κ3) is 7.62. The number of hydrogen-bond donors (Lipinski definition) is 0. The van der Waals surface area contributed by atoms with Gasteiger partial charge in [0.05, 0.1) is 10.9 Å². The smallest absolute Gasteiger partial charge is 0.207 e. The highest BCUT2D eigenvalue weighted by atomic mass is 79.9. The Hall–Kier alpha value is -1.87. The van der Waals surface area contributed by atoms with E-state index < -0.39 is 16.1 Å². The van der Waals surface area contributed by atoms with Crippen LogP contribution >= 0.6 is 15.9 Å². The molecule has 0 aromatic heterocycles. The van der Waals surface area contributed by atoms with Crippen LogP contribution < -0.4 is 0 Å². The third-order valence-corrected chi connectivity index (χ3v) is 7.36. The van der Waals surface area contributed by atoms with E-state index in [1.165, 1.54) is 0 Å². The number of sulfonamides is 1. The Morgan fingerprint density at radius 3 is 2.28 bits per heavy atom. The Morgan fingerprint density at radius 2 is 1.72 bits per heavy atom. The van der Waals surface area contributed by atoms with E-state index in [1.54, 1.807) is 16.4 Å². The van der Waals surface area contributed by atoms with E-state index in [2.05, 4.69) is 34.7 Å². The van der Waals surface area contributed by atoms with Gasteiger partial charge in [0, 0.05) is 17.4 Å². The van der Waals surface area contributed by atoms with Crippen molar-refractivity contribution in [2.75, 3.05) is 6.54 Å². The summed E-state index contributed by atoms with van der Waals surface area (Å²) in [5.74, 6) is 6.54. The molecule has 0 bridgehead atoms. The summed E-state index contributed by atoms with van der Waals surface area (Å²) in [7, 11) is -3.77. The van der Waals surface area contributed by atoms with Gasteiger partial charge >= 0.3 is 0 Å². The summed E-state index contributed by atoms with van der Waals surface area (Å²) in [5.41, 5.74) is 1.66. The van der Waals surface area contributed by atoms with Crippen molar-refractivity contribution in [3.8, 4) is 11.8 Å². The van der Waals surface area contributed by atoms with Gasteiger partial charge in [-0.15, -0.1) is 5.92 Å². The van der Waals surface area contributed by atoms with Crippen molar-refractivity contribution in [2.24, 2.45) is 5.41 Å². The lowest BCUT2D eigenvalue weighted by Gasteiger charge is -2.36. The molecule has 32 heavy (non-hydrogen) atoms. The van der Waals surface area contributed by atoms with Crippen LogP contribution in [0.1, 0.15) is 58.1 Å². The van der Waals surface area contributed by atoms with Gasteiger partial charge in [0.25, 0.3) is 0 Å². The fourth-order valence-electron chi connectivity index (χ4n) is 3.24. The zero-order valence-electron chi connectivity index (χ0n) is 19.7. The molecule has 0 amide bonds. The molecular weight excluding hydrogens is 482 g/mol. The van der Waals surface area contributed by atoms with Crippen molar-refractivity contribution in [1.29, 1.82) is 0 Å². The molecular formula is C27H34BrNO2S. The molecule has 0 heterocycles. The van der Waals surface area contributed by atoms with Crippen molar-refractivity contribution < 1.29 is 8.42 Å². The first-order valence-corrected chi connectivity index (χ1v) is 13.3. The molecule has 3 nitrogen and oxygen atoms in total. The molecule has 2 aromatic rings. The van der Waals surface area contributed by atoms with Crippen LogP contribution in [-0.4, -0.2) is 25.3 Å². The zero-order chi connectivity index (χ0) is 23.8. The summed E-state index contributed by atoms with van der Waals surface area (Å²) >= 11 is 3.63. The van der Waals surface area contributed by atoms with Gasteiger partial charge in [-0.3, -0.25) is 0 Å². The van der Waals surface area contributed by atoms with Gasteiger partial charge in [-0.25, -0.2) is 8.42 Å². The van der Waals surface area contributed by atoms with E-state index >= 15 is 0 Å². The fourth-order valence-corrected chi connectivity index (χ4v) is 5.65. The number of unbranched alkanes of at least 4 members (excludes halogenated alkanes) is 2. The number of benzene rings is 2. The SMILES string of the molecule is CCCCC#CC(N(C/C(Br)=C/c1ccccc1)S(=O)(=O)c1ccc(C)cc1)C(C)(C)C. The Kier molecular flexibility index (Phi) is 9.76. The lowest BCUT2D eigenvalue weighted by molar-refractivity contribution is 0.237. The van der Waals surface area contributed by atoms with Gasteiger partial charge in [0.1, 0.15) is 0 Å². The van der Waals surface area contributed by atoms with Crippen LogP contribution in [0, 0.1) is 24.2 Å². The second kappa shape index (κ2) is 11.8. The molecule has 2 rings (SSSR count). The largest absolute Gasteiger partial charge is 0.244 e. The minimum atomic E-state index is -3.77. The van der Waals surface area contributed by atoms with Crippen molar-refractivity contribution in [1.82, 2.24) is 4.31 Å². The number of aryl methyl sites for hydroxylation is 1. The third-order valence-electron chi connectivity index (χ3n) is 5.06. The standard InChI is InChI=1S/C27H34BrNO2S/c1-6-7-8-12-15-26(27(3,4)5)29(21-24(28)20-23-13-10-9-11-14-23)32(30,31)25-18-16-22(2)17-19-25/h9-11,13-14,16-20,26H,6-8,21H2,1-5H3/b24-20-. The molecule has 0 saturated heterocycles. The molecule has 5 heteroatoms. The number of rotatable bonds is 8. The van der Waals surface area contributed by atoms with E-state index in [1.807, 2.05) is 76.2 Å². The monoisotopic (exact) mass is 515 g/mol. The zero-order valence-corrected chi connectivity index (χ0v) is 22.1. The maximum atomic E-state index is 13.8. The molecule has 0 aliphatic carbocycles. The second-order valence-corrected chi connectivity index (χ2v) is 12.0. The first-order valence-electron chi connectivity index (χ1n) is 11.0. The van der Waals surface area contributed by atoms with Crippen LogP contribution in [0.4, 0.5) is 0 Å². The van der Waals surface area contributed by atoms with E-state index in [9.17, 15) is 8.42 Å². The van der Waals surface area contributed by atoms with Crippen LogP contribution in [0.5, 0.6) is 0 Å². The molecule has 0 aliphatic rings. The van der Waals surface area contributed by atoms with Crippen LogP contribution in [0.15, 0.2) is 64.0 Å². The summed E-state index contributed by atoms with van der Waals surface area (Å²) in [6.07, 6.45) is 4.79. The first kappa shape index (κ1) is 26.4. The van der Waals surface area contributed by atoms with Crippen molar-refractivity contribution in [3.63, 3.8) is 0 Å². The summed E-state index contributed by atoms with van der Waals surface area (Å²) in [4.78, 5) is 0.285. The molecule has 0 saturated carbocycles. The topological polar surface area (TPSA) is 37.4 Å². The van der Waals surface area contributed by atoms with Gasteiger partial charge in [-0.1, -0.05) is 104 Å². The second-order valence-electron chi connectivity index (χ2n) is 9.06. The van der Waals surface area contributed by atoms with Crippen LogP contribution in [-0.2, 0) is 10.0 Å². The Balaban J connectivity index is 2.54. The predicted molar refractivity (Wildman–Crippen MR) is 139 cm³/mol. The molecule has 2 aromatic carbocycles. The molecule has 0 N–H and O–H groups in total. The highest BCUT2D eigenvalue weighted by molar-refractivity contribution is 9.11. The summed E-state index contributed by atoms with van der Waals surface area (Å²) in [5, 5.41) is 0. The van der Waals surface area contributed by atoms with Gasteiger partial charge in [0.2, 0.25) is 10.0 Å². The number of halogens is 1. The van der Waals surface area contributed by atoms with Crippen molar-refractivity contribution in [2.45, 2.75) is 64.8 Å². The van der Waals surface area contributed by atoms with Gasteiger partial charge < -0.3 is 0 Å². The lowest BCUT2D eigenvalue weighted by Crippen LogP contribution is -2.47. The van der Waals surface area contributed by atoms with Crippen LogP contribution in [0.25, 0.3) is 6.08 Å². The minimum absolute atomic E-state index is 0.204. The van der Waals surface area contributed by atoms with Crippen LogP contribution in [0.3, 0.4) is 0 Å². The van der Waals surface area contributed by atoms with Crippen LogP contribution in [0.2, 0.25) is 0 Å². The summed E-state index contributed by atoms with van der Waals surface area (Å²) in [6.45, 7) is 10.4. The molecule has 0 fully saturated rings. The van der Waals surface area contributed by atoms with Crippen molar-refractivity contribution in [3.05, 3.63) is 70.2 Å². The van der Waals surface area contributed by atoms with Gasteiger partial charge in [-0.05, 0) is 42.5 Å². The van der Waals surface area contributed by atoms with Crippen molar-refractivity contribution >= 4 is 32.0 Å². The quantitative estimate of drug-likeness (QED) is 0.279. The molecule has 1 unspecified atom stereocenters. The van der Waals surface area contributed by atoms with E-state index in [0.29, 0.717) is 0 Å². The maximum absolute atomic E-state index is 13.8. The Morgan fingerprint density at radius 1 is 1.09 bits per heavy atom. The minimum Gasteiger partial charge on any atom is -0.207 e. The highest BCUT2D eigenvalue weighted by Crippen LogP contribution is 2.31.